The highest BCUT2D eigenvalue weighted by molar-refractivity contribution is 7.09. The number of carbonyl (C=O) groups excluding carboxylic acids is 2. The van der Waals surface area contributed by atoms with Crippen molar-refractivity contribution in [1.29, 1.82) is 0 Å². The third kappa shape index (κ3) is 5.96. The Morgan fingerprint density at radius 2 is 1.87 bits per heavy atom. The van der Waals surface area contributed by atoms with Gasteiger partial charge in [-0.3, -0.25) is 9.59 Å². The largest absolute Gasteiger partial charge is 0.458 e. The number of aliphatic hydroxyl groups is 2. The van der Waals surface area contributed by atoms with Crippen LogP contribution < -0.4 is 0 Å². The molecule has 1 aromatic heterocycles. The number of Topliss-reactive ketones (excluding diaryl/α,β-unsaturated/α-hetero) is 1. The highest BCUT2D eigenvalue weighted by atomic mass is 32.1. The summed E-state index contributed by atoms with van der Waals surface area (Å²) in [6.07, 6.45) is -8.19. The second-order valence-electron chi connectivity index (χ2n) is 12.2. The maximum absolute atomic E-state index is 14.3. The predicted octanol–water partition coefficient (Wildman–Crippen LogP) is 4.88. The number of nitrogens with zero attached hydrogens (tertiary/aromatic N) is 1. The molecule has 1 saturated carbocycles. The minimum absolute atomic E-state index is 0.177. The van der Waals surface area contributed by atoms with Gasteiger partial charge in [-0.1, -0.05) is 27.7 Å². The molecule has 1 aliphatic carbocycles. The van der Waals surface area contributed by atoms with Gasteiger partial charge in [0.05, 0.1) is 34.7 Å². The monoisotopic (exact) mass is 573 g/mol. The first kappa shape index (κ1) is 30.1. The third-order valence-corrected chi connectivity index (χ3v) is 9.82. The van der Waals surface area contributed by atoms with Crippen molar-refractivity contribution in [1.82, 2.24) is 4.98 Å². The second kappa shape index (κ2) is 10.5. The van der Waals surface area contributed by atoms with Gasteiger partial charge in [-0.15, -0.1) is 11.3 Å². The Kier molecular flexibility index (Phi) is 8.15. The molecule has 2 aliphatic heterocycles. The molecule has 0 spiro atoms. The molecular formula is C28H38F3NO6S. The Morgan fingerprint density at radius 3 is 2.46 bits per heavy atom. The van der Waals surface area contributed by atoms with Gasteiger partial charge in [0.2, 0.25) is 0 Å². The number of alkyl halides is 3. The van der Waals surface area contributed by atoms with Crippen molar-refractivity contribution in [2.45, 2.75) is 103 Å². The van der Waals surface area contributed by atoms with Gasteiger partial charge in [0.1, 0.15) is 18.0 Å². The molecule has 3 aliphatic rings. The number of aliphatic hydroxyl groups excluding tert-OH is 2. The summed E-state index contributed by atoms with van der Waals surface area (Å²) < 4.78 is 54.1. The van der Waals surface area contributed by atoms with Crippen molar-refractivity contribution < 1.29 is 42.4 Å². The van der Waals surface area contributed by atoms with E-state index in [1.807, 2.05) is 6.92 Å². The van der Waals surface area contributed by atoms with Crippen molar-refractivity contribution in [2.24, 2.45) is 29.1 Å². The SMILES string of the molecule is C/C(=C\c1csc(C)n1)[C@@H]1C[C@@H]2O[C@]2(C(F)(F)F)C[C@@H]2C[C@@H]2[C@H](C)[C@H](O)[C@@H](C)C(=O)C(C)(C)[C@@H](O)CC(=O)O1. The first-order chi connectivity index (χ1) is 18.0. The van der Waals surface area contributed by atoms with Crippen LogP contribution in [0.3, 0.4) is 0 Å². The van der Waals surface area contributed by atoms with Crippen LogP contribution in [-0.4, -0.2) is 63.1 Å². The smallest absolute Gasteiger partial charge is 0.420 e. The number of hydrogen-bond donors (Lipinski definition) is 2. The van der Waals surface area contributed by atoms with Gasteiger partial charge >= 0.3 is 12.1 Å². The van der Waals surface area contributed by atoms with E-state index in [0.717, 1.165) is 5.01 Å². The van der Waals surface area contributed by atoms with Gasteiger partial charge in [-0.25, -0.2) is 4.98 Å². The van der Waals surface area contributed by atoms with E-state index in [1.165, 1.54) is 25.2 Å². The number of hydrogen-bond acceptors (Lipinski definition) is 8. The molecule has 218 valence electrons. The predicted molar refractivity (Wildman–Crippen MR) is 139 cm³/mol. The van der Waals surface area contributed by atoms with Gasteiger partial charge in [0.25, 0.3) is 0 Å². The number of cyclic esters (lactones) is 1. The molecule has 0 unspecified atom stereocenters. The molecule has 0 radical (unpaired) electrons. The van der Waals surface area contributed by atoms with Crippen molar-refractivity contribution in [2.75, 3.05) is 0 Å². The van der Waals surface area contributed by atoms with Crippen LogP contribution in [0.2, 0.25) is 0 Å². The summed E-state index contributed by atoms with van der Waals surface area (Å²) in [5.41, 5.74) is -2.60. The number of epoxide rings is 1. The summed E-state index contributed by atoms with van der Waals surface area (Å²) in [6.45, 7) is 9.83. The topological polar surface area (TPSA) is 109 Å². The summed E-state index contributed by atoms with van der Waals surface area (Å²) in [4.78, 5) is 30.6. The van der Waals surface area contributed by atoms with E-state index in [9.17, 15) is 33.0 Å². The normalized spacial score (nSPS) is 39.9. The fourth-order valence-corrected chi connectivity index (χ4v) is 6.64. The number of aromatic nitrogens is 1. The lowest BCUT2D eigenvalue weighted by Gasteiger charge is -2.34. The summed E-state index contributed by atoms with van der Waals surface area (Å²) in [6, 6.07) is 0. The third-order valence-electron chi connectivity index (χ3n) is 9.03. The van der Waals surface area contributed by atoms with E-state index < -0.39 is 71.6 Å². The molecule has 3 fully saturated rings. The molecule has 11 heteroatoms. The number of ketones is 1. The first-order valence-corrected chi connectivity index (χ1v) is 14.3. The van der Waals surface area contributed by atoms with Crippen LogP contribution >= 0.6 is 11.3 Å². The maximum Gasteiger partial charge on any atom is 0.420 e. The summed E-state index contributed by atoms with van der Waals surface area (Å²) in [7, 11) is 0. The maximum atomic E-state index is 14.3. The molecule has 0 bridgehead atoms. The zero-order valence-corrected chi connectivity index (χ0v) is 23.9. The Bertz CT molecular complexity index is 1130. The quantitative estimate of drug-likeness (QED) is 0.384. The zero-order valence-electron chi connectivity index (χ0n) is 23.1. The molecule has 7 nitrogen and oxygen atoms in total. The van der Waals surface area contributed by atoms with Crippen molar-refractivity contribution in [3.8, 4) is 0 Å². The van der Waals surface area contributed by atoms with Crippen molar-refractivity contribution in [3.05, 3.63) is 21.7 Å². The van der Waals surface area contributed by atoms with Crippen LogP contribution in [-0.2, 0) is 19.1 Å². The fraction of sp³-hybridized carbons (Fsp3) is 0.750. The van der Waals surface area contributed by atoms with E-state index in [1.54, 1.807) is 32.2 Å². The molecule has 4 rings (SSSR count). The number of fused-ring (bicyclic) bond motifs is 2. The molecule has 2 N–H and O–H groups in total. The van der Waals surface area contributed by atoms with Crippen LogP contribution in [0.15, 0.2) is 11.0 Å². The first-order valence-electron chi connectivity index (χ1n) is 13.4. The number of aryl methyl sites for hydroxylation is 1. The lowest BCUT2D eigenvalue weighted by Crippen LogP contribution is -2.46. The van der Waals surface area contributed by atoms with Crippen LogP contribution in [0.5, 0.6) is 0 Å². The number of carbonyl (C=O) groups is 2. The van der Waals surface area contributed by atoms with E-state index in [0.29, 0.717) is 17.7 Å². The van der Waals surface area contributed by atoms with Gasteiger partial charge in [-0.2, -0.15) is 13.2 Å². The number of ether oxygens (including phenoxy) is 2. The number of rotatable bonds is 2. The molecule has 2 saturated heterocycles. The number of esters is 1. The fourth-order valence-electron chi connectivity index (χ4n) is 6.07. The van der Waals surface area contributed by atoms with Crippen LogP contribution in [0.25, 0.3) is 6.08 Å². The van der Waals surface area contributed by atoms with Crippen LogP contribution in [0, 0.1) is 36.0 Å². The Hall–Kier alpha value is -1.82. The molecule has 9 atom stereocenters. The molecule has 0 amide bonds. The van der Waals surface area contributed by atoms with E-state index in [2.05, 4.69) is 4.98 Å². The van der Waals surface area contributed by atoms with Crippen molar-refractivity contribution in [3.63, 3.8) is 0 Å². The lowest BCUT2D eigenvalue weighted by atomic mass is 9.72. The van der Waals surface area contributed by atoms with E-state index in [4.69, 9.17) is 9.47 Å². The minimum Gasteiger partial charge on any atom is -0.458 e. The molecule has 3 heterocycles. The Balaban J connectivity index is 1.67. The van der Waals surface area contributed by atoms with E-state index >= 15 is 0 Å². The lowest BCUT2D eigenvalue weighted by molar-refractivity contribution is -0.187. The Morgan fingerprint density at radius 1 is 1.21 bits per heavy atom. The minimum atomic E-state index is -4.63. The van der Waals surface area contributed by atoms with Crippen molar-refractivity contribution >= 4 is 29.2 Å². The van der Waals surface area contributed by atoms with Gasteiger partial charge < -0.3 is 19.7 Å². The molecule has 1 aromatic rings. The second-order valence-corrected chi connectivity index (χ2v) is 13.3. The zero-order chi connectivity index (χ0) is 29.1. The summed E-state index contributed by atoms with van der Waals surface area (Å²) >= 11 is 1.42. The number of halogens is 3. The van der Waals surface area contributed by atoms with Gasteiger partial charge in [0.15, 0.2) is 5.60 Å². The standard InChI is InChI=1S/C28H38F3NO6S/c1-13(7-18-12-39-16(4)32-18)20-9-22-27(38-22,28(29,30)31)11-17-8-19(17)14(2)24(35)15(3)25(36)26(5,6)21(33)10-23(34)37-20/h7,12,14-15,17,19-22,24,33,35H,8-11H2,1-6H3/b13-7+/t14-,15+,17-,19+,20-,21-,22-,24-,27+/m0/s1. The van der Waals surface area contributed by atoms with Crippen LogP contribution in [0.4, 0.5) is 13.2 Å². The average Bonchev–Trinajstić information content (AvgIpc) is 3.72. The number of thiazole rings is 1. The average molecular weight is 574 g/mol. The highest BCUT2D eigenvalue weighted by Crippen LogP contribution is 2.61. The highest BCUT2D eigenvalue weighted by Gasteiger charge is 2.74. The summed E-state index contributed by atoms with van der Waals surface area (Å²) in [5.74, 6) is -3.05. The molecular weight excluding hydrogens is 535 g/mol. The van der Waals surface area contributed by atoms with Crippen LogP contribution in [0.1, 0.15) is 71.0 Å². The molecule has 39 heavy (non-hydrogen) atoms. The molecule has 0 aromatic carbocycles. The Labute approximate surface area is 230 Å². The van der Waals surface area contributed by atoms with Gasteiger partial charge in [-0.05, 0) is 56.1 Å². The van der Waals surface area contributed by atoms with Gasteiger partial charge in [0, 0.05) is 17.7 Å². The summed E-state index contributed by atoms with van der Waals surface area (Å²) in [5, 5.41) is 24.5. The van der Waals surface area contributed by atoms with E-state index in [-0.39, 0.29) is 24.7 Å².